The highest BCUT2D eigenvalue weighted by Gasteiger charge is 2.33. The lowest BCUT2D eigenvalue weighted by molar-refractivity contribution is -0.275. The molecule has 100 valence electrons. The van der Waals surface area contributed by atoms with Gasteiger partial charge in [0, 0.05) is 0 Å². The maximum atomic E-state index is 12.5. The molecule has 0 aliphatic carbocycles. The number of aromatic nitrogens is 1. The molecule has 0 amide bonds. The molecular formula is C8H3BrF5NO3. The number of carbonyl (C=O) groups is 1. The normalized spacial score (nSPS) is 11.7. The molecule has 0 atom stereocenters. The molecule has 1 heterocycles. The summed E-state index contributed by atoms with van der Waals surface area (Å²) < 4.78 is 63.6. The molecule has 4 nitrogen and oxygen atoms in total. The van der Waals surface area contributed by atoms with E-state index in [1.807, 2.05) is 0 Å². The molecule has 1 aromatic rings. The smallest absolute Gasteiger partial charge is 0.476 e. The van der Waals surface area contributed by atoms with Crippen LogP contribution >= 0.6 is 15.9 Å². The number of pyridine rings is 1. The van der Waals surface area contributed by atoms with E-state index in [1.165, 1.54) is 0 Å². The largest absolute Gasteiger partial charge is 0.573 e. The molecule has 1 rings (SSSR count). The third-order valence-electron chi connectivity index (χ3n) is 1.64. The van der Waals surface area contributed by atoms with E-state index in [4.69, 9.17) is 5.11 Å². The molecule has 0 bridgehead atoms. The molecule has 0 aliphatic rings. The third kappa shape index (κ3) is 3.52. The fourth-order valence-corrected chi connectivity index (χ4v) is 1.39. The molecular weight excluding hydrogens is 333 g/mol. The number of nitrogens with zero attached hydrogens (tertiary/aromatic N) is 1. The fraction of sp³-hybridized carbons (Fsp3) is 0.250. The molecule has 0 saturated carbocycles. The van der Waals surface area contributed by atoms with Crippen LogP contribution in [0.5, 0.6) is 5.75 Å². The van der Waals surface area contributed by atoms with Crippen LogP contribution in [0.25, 0.3) is 0 Å². The van der Waals surface area contributed by atoms with Crippen molar-refractivity contribution in [3.8, 4) is 5.75 Å². The van der Waals surface area contributed by atoms with Gasteiger partial charge in [-0.15, -0.1) is 13.2 Å². The minimum absolute atomic E-state index is 0.276. The Hall–Kier alpha value is -1.45. The van der Waals surface area contributed by atoms with Gasteiger partial charge in [-0.3, -0.25) is 0 Å². The van der Waals surface area contributed by atoms with Crippen molar-refractivity contribution >= 4 is 21.9 Å². The van der Waals surface area contributed by atoms with Gasteiger partial charge in [-0.05, 0) is 22.0 Å². The van der Waals surface area contributed by atoms with Crippen LogP contribution in [0.2, 0.25) is 0 Å². The molecule has 1 N–H and O–H groups in total. The molecule has 18 heavy (non-hydrogen) atoms. The molecule has 0 saturated heterocycles. The molecule has 0 aromatic carbocycles. The van der Waals surface area contributed by atoms with E-state index in [9.17, 15) is 26.7 Å². The molecule has 10 heteroatoms. The second kappa shape index (κ2) is 5.04. The second-order valence-electron chi connectivity index (χ2n) is 2.87. The summed E-state index contributed by atoms with van der Waals surface area (Å²) in [6.07, 6.45) is -8.40. The number of hydrogen-bond acceptors (Lipinski definition) is 3. The highest BCUT2D eigenvalue weighted by molar-refractivity contribution is 9.10. The number of ether oxygens (including phenoxy) is 1. The Labute approximate surface area is 105 Å². The Bertz CT molecular complexity index is 477. The summed E-state index contributed by atoms with van der Waals surface area (Å²) in [5, 5.41) is 8.58. The first-order valence-corrected chi connectivity index (χ1v) is 4.88. The Morgan fingerprint density at radius 1 is 1.44 bits per heavy atom. The van der Waals surface area contributed by atoms with Crippen LogP contribution in [0.4, 0.5) is 22.0 Å². The van der Waals surface area contributed by atoms with E-state index in [2.05, 4.69) is 25.7 Å². The van der Waals surface area contributed by atoms with Crippen molar-refractivity contribution in [1.82, 2.24) is 4.98 Å². The number of alkyl halides is 5. The van der Waals surface area contributed by atoms with Gasteiger partial charge in [-0.1, -0.05) is 0 Å². The molecule has 0 aliphatic heterocycles. The first-order chi connectivity index (χ1) is 8.11. The molecule has 0 fully saturated rings. The van der Waals surface area contributed by atoms with E-state index in [-0.39, 0.29) is 6.07 Å². The van der Waals surface area contributed by atoms with Gasteiger partial charge in [0.1, 0.15) is 4.60 Å². The van der Waals surface area contributed by atoms with Crippen molar-refractivity contribution in [1.29, 1.82) is 0 Å². The van der Waals surface area contributed by atoms with E-state index in [1.54, 1.807) is 0 Å². The predicted molar refractivity (Wildman–Crippen MR) is 50.5 cm³/mol. The number of halogens is 6. The molecule has 0 spiro atoms. The Kier molecular flexibility index (Phi) is 4.09. The van der Waals surface area contributed by atoms with E-state index >= 15 is 0 Å². The molecule has 0 unspecified atom stereocenters. The summed E-state index contributed by atoms with van der Waals surface area (Å²) in [6, 6.07) is 0.276. The SMILES string of the molecule is O=C(O)c1nc(Br)c(OC(F)(F)F)cc1C(F)F. The zero-order chi connectivity index (χ0) is 14.1. The standard InChI is InChI=1S/C8H3BrF5NO3/c9-5-3(18-8(12,13)14)1-2(6(10)11)4(15-5)7(16)17/h1,6H,(H,16,17). The van der Waals surface area contributed by atoms with E-state index < -0.39 is 40.4 Å². The second-order valence-corrected chi connectivity index (χ2v) is 3.62. The average molecular weight is 336 g/mol. The monoisotopic (exact) mass is 335 g/mol. The Morgan fingerprint density at radius 3 is 2.39 bits per heavy atom. The number of aromatic carboxylic acids is 1. The lowest BCUT2D eigenvalue weighted by Gasteiger charge is -2.12. The maximum Gasteiger partial charge on any atom is 0.573 e. The van der Waals surface area contributed by atoms with Crippen LogP contribution in [0.1, 0.15) is 22.5 Å². The van der Waals surface area contributed by atoms with Crippen molar-refractivity contribution < 1.29 is 36.6 Å². The zero-order valence-electron chi connectivity index (χ0n) is 8.13. The summed E-state index contributed by atoms with van der Waals surface area (Å²) >= 11 is 2.51. The van der Waals surface area contributed by atoms with Gasteiger partial charge >= 0.3 is 12.3 Å². The van der Waals surface area contributed by atoms with Crippen LogP contribution in [0, 0.1) is 0 Å². The predicted octanol–water partition coefficient (Wildman–Crippen LogP) is 3.38. The highest BCUT2D eigenvalue weighted by Crippen LogP contribution is 2.34. The average Bonchev–Trinajstić information content (AvgIpc) is 2.17. The van der Waals surface area contributed by atoms with Crippen molar-refractivity contribution in [3.05, 3.63) is 21.9 Å². The summed E-state index contributed by atoms with van der Waals surface area (Å²) in [5.41, 5.74) is -2.21. The number of carboxylic acids is 1. The summed E-state index contributed by atoms with van der Waals surface area (Å²) in [7, 11) is 0. The van der Waals surface area contributed by atoms with Gasteiger partial charge in [0.2, 0.25) is 0 Å². The van der Waals surface area contributed by atoms with Gasteiger partial charge < -0.3 is 9.84 Å². The van der Waals surface area contributed by atoms with Crippen LogP contribution in [0.15, 0.2) is 10.7 Å². The Morgan fingerprint density at radius 2 is 2.00 bits per heavy atom. The van der Waals surface area contributed by atoms with Gasteiger partial charge in [-0.25, -0.2) is 18.6 Å². The van der Waals surface area contributed by atoms with Gasteiger partial charge in [0.25, 0.3) is 6.43 Å². The van der Waals surface area contributed by atoms with Crippen LogP contribution in [0.3, 0.4) is 0 Å². The quantitative estimate of drug-likeness (QED) is 0.679. The van der Waals surface area contributed by atoms with E-state index in [0.29, 0.717) is 0 Å². The van der Waals surface area contributed by atoms with Crippen molar-refractivity contribution in [2.24, 2.45) is 0 Å². The third-order valence-corrected chi connectivity index (χ3v) is 2.20. The minimum atomic E-state index is -5.10. The summed E-state index contributed by atoms with van der Waals surface area (Å²) in [4.78, 5) is 13.7. The first-order valence-electron chi connectivity index (χ1n) is 4.09. The Balaban J connectivity index is 3.32. The topological polar surface area (TPSA) is 59.4 Å². The molecule has 1 aromatic heterocycles. The van der Waals surface area contributed by atoms with Crippen molar-refractivity contribution in [2.45, 2.75) is 12.8 Å². The highest BCUT2D eigenvalue weighted by atomic mass is 79.9. The number of rotatable bonds is 3. The van der Waals surface area contributed by atoms with Crippen LogP contribution in [-0.4, -0.2) is 22.4 Å². The summed E-state index contributed by atoms with van der Waals surface area (Å²) in [6.45, 7) is 0. The number of hydrogen-bond donors (Lipinski definition) is 1. The lowest BCUT2D eigenvalue weighted by Crippen LogP contribution is -2.18. The fourth-order valence-electron chi connectivity index (χ4n) is 1.02. The van der Waals surface area contributed by atoms with Gasteiger partial charge in [0.15, 0.2) is 11.4 Å². The van der Waals surface area contributed by atoms with Crippen molar-refractivity contribution in [2.75, 3.05) is 0 Å². The van der Waals surface area contributed by atoms with Crippen molar-refractivity contribution in [3.63, 3.8) is 0 Å². The zero-order valence-corrected chi connectivity index (χ0v) is 9.72. The first kappa shape index (κ1) is 14.6. The van der Waals surface area contributed by atoms with Crippen LogP contribution in [-0.2, 0) is 0 Å². The minimum Gasteiger partial charge on any atom is -0.476 e. The molecule has 0 radical (unpaired) electrons. The summed E-state index contributed by atoms with van der Waals surface area (Å²) in [5.74, 6) is -2.83. The van der Waals surface area contributed by atoms with Crippen LogP contribution < -0.4 is 4.74 Å². The maximum absolute atomic E-state index is 12.5. The van der Waals surface area contributed by atoms with Gasteiger partial charge in [-0.2, -0.15) is 0 Å². The van der Waals surface area contributed by atoms with Gasteiger partial charge in [0.05, 0.1) is 5.56 Å². The lowest BCUT2D eigenvalue weighted by atomic mass is 10.2. The van der Waals surface area contributed by atoms with E-state index in [0.717, 1.165) is 0 Å². The number of carboxylic acid groups (broad SMARTS) is 1.